The summed E-state index contributed by atoms with van der Waals surface area (Å²) in [6.45, 7) is 25.0. The molecule has 0 spiro atoms. The van der Waals surface area contributed by atoms with E-state index in [0.29, 0.717) is 11.1 Å². The van der Waals surface area contributed by atoms with Gasteiger partial charge in [0.2, 0.25) is 0 Å². The van der Waals surface area contributed by atoms with Crippen LogP contribution in [-0.4, -0.2) is 63.6 Å². The quantitative estimate of drug-likeness (QED) is 0.206. The molecule has 1 unspecified atom stereocenters. The Morgan fingerprint density at radius 1 is 0.641 bits per heavy atom. The normalized spacial score (nSPS) is 15.2. The molecule has 0 aliphatic carbocycles. The van der Waals surface area contributed by atoms with Crippen LogP contribution in [0.5, 0.6) is 0 Å². The molecular weight excluding hydrogens is 660 g/mol. The van der Waals surface area contributed by atoms with Gasteiger partial charge >= 0.3 is 64.5 Å². The first-order valence-corrected chi connectivity index (χ1v) is 15.8. The summed E-state index contributed by atoms with van der Waals surface area (Å²) < 4.78 is 34.5. The fourth-order valence-corrected chi connectivity index (χ4v) is 6.09. The van der Waals surface area contributed by atoms with E-state index in [1.54, 1.807) is 0 Å². The second kappa shape index (κ2) is 12.5. The van der Waals surface area contributed by atoms with Crippen molar-refractivity contribution in [2.75, 3.05) is 0 Å². The van der Waals surface area contributed by atoms with Crippen LogP contribution in [0.25, 0.3) is 0 Å². The minimum Gasteiger partial charge on any atom is -1.00 e. The molecule has 0 aromatic heterocycles. The molecule has 0 fully saturated rings. The second-order valence-corrected chi connectivity index (χ2v) is 16.9. The van der Waals surface area contributed by atoms with Gasteiger partial charge in [-0.3, -0.25) is 4.52 Å². The van der Waals surface area contributed by atoms with Crippen molar-refractivity contribution < 1.29 is 35.5 Å². The fourth-order valence-electron chi connectivity index (χ4n) is 4.37. The van der Waals surface area contributed by atoms with Gasteiger partial charge in [-0.05, 0) is 55.0 Å². The van der Waals surface area contributed by atoms with Crippen molar-refractivity contribution in [2.24, 2.45) is 0 Å². The van der Waals surface area contributed by atoms with Crippen molar-refractivity contribution in [2.45, 2.75) is 111 Å². The van der Waals surface area contributed by atoms with Crippen molar-refractivity contribution in [3.8, 4) is 0 Å². The summed E-state index contributed by atoms with van der Waals surface area (Å²) in [5, 5.41) is 0. The van der Waals surface area contributed by atoms with Gasteiger partial charge in [0.25, 0.3) is 0 Å². The predicted octanol–water partition coefficient (Wildman–Crippen LogP) is 8.04. The van der Waals surface area contributed by atoms with E-state index in [1.807, 2.05) is 65.8 Å². The van der Waals surface area contributed by atoms with E-state index >= 15 is 0 Å². The van der Waals surface area contributed by atoms with E-state index in [-0.39, 0.29) is 73.4 Å². The van der Waals surface area contributed by atoms with Crippen molar-refractivity contribution in [3.63, 3.8) is 0 Å². The maximum absolute atomic E-state index is 13.0. The largest absolute Gasteiger partial charge is 2.00 e. The smallest absolute Gasteiger partial charge is 1.00 e. The Labute approximate surface area is 278 Å². The summed E-state index contributed by atoms with van der Waals surface area (Å²) in [5.41, 5.74) is 4.17. The standard InChI is InChI=1S/C29H46O7P2.Ba.2H/c1-26(2,3)19-13-15-21(23(17-19)28(7,8)9)25(35-38(33,34)36-37(30,31)32)22-16-14-20(27(4,5)6)18-24(22)29(10,11)12;;;/h13-18,25H,1-12H3,(H,33,34)(H2,30,31,32);;;/q;+2;2*-1. The van der Waals surface area contributed by atoms with E-state index in [9.17, 15) is 23.8 Å². The van der Waals surface area contributed by atoms with Gasteiger partial charge in [-0.25, -0.2) is 9.13 Å². The maximum atomic E-state index is 13.0. The molecule has 0 aliphatic rings. The van der Waals surface area contributed by atoms with E-state index < -0.39 is 21.7 Å². The average Bonchev–Trinajstić information content (AvgIpc) is 2.67. The van der Waals surface area contributed by atoms with Crippen molar-refractivity contribution >= 4 is 64.5 Å². The van der Waals surface area contributed by atoms with Gasteiger partial charge in [0.1, 0.15) is 6.10 Å². The van der Waals surface area contributed by atoms with Gasteiger partial charge in [0.05, 0.1) is 0 Å². The Kier molecular flexibility index (Phi) is 11.9. The summed E-state index contributed by atoms with van der Waals surface area (Å²) >= 11 is 0. The summed E-state index contributed by atoms with van der Waals surface area (Å²) in [6.07, 6.45) is -1.14. The van der Waals surface area contributed by atoms with Crippen LogP contribution in [0.3, 0.4) is 0 Å². The third-order valence-corrected chi connectivity index (χ3v) is 8.62. The van der Waals surface area contributed by atoms with Crippen LogP contribution in [0.15, 0.2) is 36.4 Å². The number of phosphoric acid groups is 2. The summed E-state index contributed by atoms with van der Waals surface area (Å²) in [5.74, 6) is 0. The first-order chi connectivity index (χ1) is 16.7. The molecule has 2 aromatic rings. The molecule has 39 heavy (non-hydrogen) atoms. The van der Waals surface area contributed by atoms with Crippen LogP contribution in [0.2, 0.25) is 0 Å². The number of rotatable bonds is 6. The Morgan fingerprint density at radius 2 is 0.974 bits per heavy atom. The Hall–Kier alpha value is 0.271. The molecule has 3 N–H and O–H groups in total. The third-order valence-electron chi connectivity index (χ3n) is 6.47. The predicted molar refractivity (Wildman–Crippen MR) is 162 cm³/mol. The van der Waals surface area contributed by atoms with Gasteiger partial charge in [-0.1, -0.05) is 119 Å². The first-order valence-electron chi connectivity index (χ1n) is 12.8. The fraction of sp³-hybridized carbons (Fsp3) is 0.586. The molecule has 0 aliphatic heterocycles. The number of hydrogen-bond donors (Lipinski definition) is 3. The zero-order valence-corrected chi connectivity index (χ0v) is 31.8. The molecule has 10 heteroatoms. The summed E-state index contributed by atoms with van der Waals surface area (Å²) in [4.78, 5) is 29.1. The van der Waals surface area contributed by atoms with Gasteiger partial charge in [0, 0.05) is 0 Å². The van der Waals surface area contributed by atoms with E-state index in [4.69, 9.17) is 4.52 Å². The number of benzene rings is 2. The maximum Gasteiger partial charge on any atom is 2.00 e. The topological polar surface area (TPSA) is 113 Å². The Morgan fingerprint density at radius 3 is 1.23 bits per heavy atom. The monoisotopic (exact) mass is 708 g/mol. The van der Waals surface area contributed by atoms with Gasteiger partial charge in [-0.15, -0.1) is 0 Å². The zero-order valence-electron chi connectivity index (χ0n) is 27.6. The Balaban J connectivity index is 0. The molecule has 0 radical (unpaired) electrons. The SMILES string of the molecule is CC(C)(C)c1ccc(C(OP(=O)(O)OP(=O)(O)O)c2ccc(C(C)(C)C)cc2C(C)(C)C)c(C(C)(C)C)c1.[Ba+2].[H-].[H-]. The van der Waals surface area contributed by atoms with Crippen LogP contribution in [0.1, 0.15) is 125 Å². The van der Waals surface area contributed by atoms with Crippen molar-refractivity contribution in [1.82, 2.24) is 0 Å². The molecule has 2 aromatic carbocycles. The molecule has 0 bridgehead atoms. The van der Waals surface area contributed by atoms with Gasteiger partial charge in [0.15, 0.2) is 0 Å². The van der Waals surface area contributed by atoms with Crippen LogP contribution >= 0.6 is 15.6 Å². The van der Waals surface area contributed by atoms with Crippen LogP contribution < -0.4 is 0 Å². The third kappa shape index (κ3) is 10.5. The van der Waals surface area contributed by atoms with E-state index in [0.717, 1.165) is 22.3 Å². The minimum atomic E-state index is -5.31. The Bertz CT molecular complexity index is 1190. The zero-order chi connectivity index (χ0) is 29.7. The molecule has 2 rings (SSSR count). The number of hydrogen-bond acceptors (Lipinski definition) is 4. The number of phosphoric ester groups is 1. The summed E-state index contributed by atoms with van der Waals surface area (Å²) in [6, 6.07) is 11.9. The van der Waals surface area contributed by atoms with E-state index in [2.05, 4.69) is 58.0 Å². The summed E-state index contributed by atoms with van der Waals surface area (Å²) in [7, 11) is -10.5. The second-order valence-electron chi connectivity index (χ2n) is 14.1. The van der Waals surface area contributed by atoms with Crippen molar-refractivity contribution in [1.29, 1.82) is 0 Å². The molecule has 0 saturated carbocycles. The van der Waals surface area contributed by atoms with E-state index in [1.165, 1.54) is 0 Å². The molecule has 218 valence electrons. The first kappa shape index (κ1) is 37.3. The van der Waals surface area contributed by atoms with Crippen LogP contribution in [0, 0.1) is 0 Å². The molecular formula is C29H48BaO7P2. The molecule has 0 amide bonds. The van der Waals surface area contributed by atoms with Crippen LogP contribution in [0.4, 0.5) is 0 Å². The van der Waals surface area contributed by atoms with Crippen LogP contribution in [-0.2, 0) is 39.6 Å². The van der Waals surface area contributed by atoms with Gasteiger partial charge in [-0.2, -0.15) is 4.31 Å². The van der Waals surface area contributed by atoms with Gasteiger partial charge < -0.3 is 17.5 Å². The minimum absolute atomic E-state index is 0. The van der Waals surface area contributed by atoms with Crippen molar-refractivity contribution in [3.05, 3.63) is 69.8 Å². The molecule has 0 heterocycles. The molecule has 0 saturated heterocycles. The molecule has 7 nitrogen and oxygen atoms in total. The average molecular weight is 708 g/mol. The molecule has 1 atom stereocenters.